The van der Waals surface area contributed by atoms with Crippen LogP contribution in [0.1, 0.15) is 18.4 Å². The van der Waals surface area contributed by atoms with Gasteiger partial charge in [-0.25, -0.2) is 15.1 Å². The molecule has 1 amide bonds. The first-order valence-corrected chi connectivity index (χ1v) is 9.03. The van der Waals surface area contributed by atoms with Crippen LogP contribution < -0.4 is 15.4 Å². The molecule has 4 rings (SSSR count). The Balaban J connectivity index is 1.57. The molecule has 0 aromatic carbocycles. The highest BCUT2D eigenvalue weighted by molar-refractivity contribution is 7.86. The molecule has 2 saturated heterocycles. The molecule has 3 N–H and O–H groups in total. The Hall–Kier alpha value is -1.78. The number of nitrogens with two attached hydrogens (primary N) is 1. The number of rotatable bonds is 2. The quantitative estimate of drug-likeness (QED) is 0.719. The number of nitrogens with one attached hydrogen (secondary N) is 1. The highest BCUT2D eigenvalue weighted by atomic mass is 32.2. The molecule has 1 aromatic rings. The number of fused-ring (bicyclic) bond motifs is 1. The summed E-state index contributed by atoms with van der Waals surface area (Å²) in [7, 11) is -3.63. The highest BCUT2D eigenvalue weighted by Crippen LogP contribution is 2.42. The molecule has 23 heavy (non-hydrogen) atoms. The molecule has 3 aliphatic heterocycles. The molecule has 1 unspecified atom stereocenters. The minimum Gasteiger partial charge on any atom is -0.356 e. The van der Waals surface area contributed by atoms with Crippen molar-refractivity contribution in [3.05, 3.63) is 11.9 Å². The van der Waals surface area contributed by atoms with E-state index in [0.29, 0.717) is 18.9 Å². The first kappa shape index (κ1) is 14.8. The van der Waals surface area contributed by atoms with Crippen molar-refractivity contribution in [2.45, 2.75) is 19.3 Å². The maximum absolute atomic E-state index is 11.6. The molecule has 0 saturated carbocycles. The number of nitrogens with zero attached hydrogens (tertiary/aromatic N) is 4. The average molecular weight is 338 g/mol. The second kappa shape index (κ2) is 4.86. The van der Waals surface area contributed by atoms with Crippen LogP contribution in [0.5, 0.6) is 0 Å². The fourth-order valence-electron chi connectivity index (χ4n) is 3.84. The third-order valence-corrected chi connectivity index (χ3v) is 6.05. The van der Waals surface area contributed by atoms with Crippen LogP contribution in [0.15, 0.2) is 6.33 Å². The third-order valence-electron chi connectivity index (χ3n) is 5.02. The number of amides is 1. The van der Waals surface area contributed by atoms with Crippen LogP contribution in [0.2, 0.25) is 0 Å². The van der Waals surface area contributed by atoms with Crippen molar-refractivity contribution in [1.82, 2.24) is 14.3 Å². The molecule has 9 nitrogen and oxygen atoms in total. The first-order valence-electron chi connectivity index (χ1n) is 7.53. The van der Waals surface area contributed by atoms with Crippen molar-refractivity contribution >= 4 is 27.8 Å². The van der Waals surface area contributed by atoms with Gasteiger partial charge in [0.25, 0.3) is 10.2 Å². The van der Waals surface area contributed by atoms with Crippen LogP contribution in [0.25, 0.3) is 0 Å². The number of hydrogen-bond acceptors (Lipinski definition) is 6. The van der Waals surface area contributed by atoms with Gasteiger partial charge in [0.1, 0.15) is 18.0 Å². The van der Waals surface area contributed by atoms with Crippen molar-refractivity contribution in [3.8, 4) is 0 Å². The molecule has 0 bridgehead atoms. The molecule has 1 atom stereocenters. The lowest BCUT2D eigenvalue weighted by Gasteiger charge is -2.25. The molecule has 0 radical (unpaired) electrons. The van der Waals surface area contributed by atoms with Gasteiger partial charge in [0.05, 0.1) is 6.42 Å². The predicted molar refractivity (Wildman–Crippen MR) is 82.9 cm³/mol. The average Bonchev–Trinajstić information content (AvgIpc) is 3.16. The van der Waals surface area contributed by atoms with Gasteiger partial charge in [-0.2, -0.15) is 12.7 Å². The zero-order valence-corrected chi connectivity index (χ0v) is 13.3. The van der Waals surface area contributed by atoms with E-state index in [0.717, 1.165) is 37.3 Å². The largest absolute Gasteiger partial charge is 0.356 e. The van der Waals surface area contributed by atoms with Crippen molar-refractivity contribution in [3.63, 3.8) is 0 Å². The van der Waals surface area contributed by atoms with Gasteiger partial charge in [-0.3, -0.25) is 4.79 Å². The highest BCUT2D eigenvalue weighted by Gasteiger charge is 2.46. The fraction of sp³-hybridized carbons (Fsp3) is 0.615. The van der Waals surface area contributed by atoms with Crippen LogP contribution in [0, 0.1) is 5.41 Å². The van der Waals surface area contributed by atoms with Crippen LogP contribution in [0.4, 0.5) is 11.6 Å². The number of hydrogen-bond donors (Lipinski definition) is 2. The molecular weight excluding hydrogens is 320 g/mol. The van der Waals surface area contributed by atoms with Gasteiger partial charge < -0.3 is 10.2 Å². The van der Waals surface area contributed by atoms with Gasteiger partial charge >= 0.3 is 0 Å². The van der Waals surface area contributed by atoms with Crippen molar-refractivity contribution in [2.75, 3.05) is 36.4 Å². The summed E-state index contributed by atoms with van der Waals surface area (Å²) in [4.78, 5) is 22.2. The van der Waals surface area contributed by atoms with Gasteiger partial charge in [0, 0.05) is 37.2 Å². The number of carbonyl (C=O) groups is 1. The standard InChI is InChI=1S/C13H18N6O3S/c14-23(21,22)19-4-2-13(7-19)1-3-18(6-13)12-9-5-10(20)17-11(9)15-8-16-12/h8H,1-7H2,(H2,14,21,22)(H,15,16,17,20). The van der Waals surface area contributed by atoms with Gasteiger partial charge in [0.15, 0.2) is 0 Å². The first-order chi connectivity index (χ1) is 10.9. The van der Waals surface area contributed by atoms with Crippen molar-refractivity contribution < 1.29 is 13.2 Å². The maximum atomic E-state index is 11.6. The molecule has 1 spiro atoms. The Labute approximate surface area is 134 Å². The van der Waals surface area contributed by atoms with Gasteiger partial charge in [-0.1, -0.05) is 0 Å². The fourth-order valence-corrected chi connectivity index (χ4v) is 4.64. The van der Waals surface area contributed by atoms with Crippen LogP contribution in [-0.4, -0.2) is 54.8 Å². The summed E-state index contributed by atoms with van der Waals surface area (Å²) in [5, 5.41) is 7.97. The molecule has 3 aliphatic rings. The summed E-state index contributed by atoms with van der Waals surface area (Å²) in [6.07, 6.45) is 3.43. The minimum atomic E-state index is -3.63. The Bertz CT molecular complexity index is 782. The topological polar surface area (TPSA) is 122 Å². The van der Waals surface area contributed by atoms with Gasteiger partial charge in [-0.15, -0.1) is 0 Å². The van der Waals surface area contributed by atoms with Crippen LogP contribution in [0.3, 0.4) is 0 Å². The SMILES string of the molecule is NS(=O)(=O)N1CCC2(CCN(c3ncnc4c3CC(=O)N4)C2)C1. The van der Waals surface area contributed by atoms with Gasteiger partial charge in [0.2, 0.25) is 5.91 Å². The van der Waals surface area contributed by atoms with E-state index in [1.54, 1.807) is 0 Å². The molecule has 4 heterocycles. The summed E-state index contributed by atoms with van der Waals surface area (Å²) >= 11 is 0. The van der Waals surface area contributed by atoms with E-state index in [4.69, 9.17) is 5.14 Å². The summed E-state index contributed by atoms with van der Waals surface area (Å²) in [5.74, 6) is 1.29. The lowest BCUT2D eigenvalue weighted by molar-refractivity contribution is -0.115. The van der Waals surface area contributed by atoms with Crippen molar-refractivity contribution in [1.29, 1.82) is 0 Å². The normalized spacial score (nSPS) is 27.7. The number of carbonyl (C=O) groups excluding carboxylic acids is 1. The lowest BCUT2D eigenvalue weighted by Crippen LogP contribution is -2.37. The Morgan fingerprint density at radius 3 is 2.74 bits per heavy atom. The summed E-state index contributed by atoms with van der Waals surface area (Å²) in [5.41, 5.74) is 0.746. The van der Waals surface area contributed by atoms with E-state index in [1.165, 1.54) is 10.6 Å². The third kappa shape index (κ3) is 2.46. The van der Waals surface area contributed by atoms with E-state index < -0.39 is 10.2 Å². The number of anilines is 2. The van der Waals surface area contributed by atoms with E-state index >= 15 is 0 Å². The maximum Gasteiger partial charge on any atom is 0.276 e. The lowest BCUT2D eigenvalue weighted by atomic mass is 9.86. The summed E-state index contributed by atoms with van der Waals surface area (Å²) < 4.78 is 24.4. The molecule has 10 heteroatoms. The molecule has 124 valence electrons. The molecule has 1 aromatic heterocycles. The van der Waals surface area contributed by atoms with E-state index in [1.807, 2.05) is 0 Å². The molecule has 0 aliphatic carbocycles. The Kier molecular flexibility index (Phi) is 3.12. The molecular formula is C13H18N6O3S. The minimum absolute atomic E-state index is 0.0723. The van der Waals surface area contributed by atoms with Crippen molar-refractivity contribution in [2.24, 2.45) is 10.6 Å². The Morgan fingerprint density at radius 2 is 2.00 bits per heavy atom. The van der Waals surface area contributed by atoms with E-state index in [2.05, 4.69) is 20.2 Å². The number of aromatic nitrogens is 2. The summed E-state index contributed by atoms with van der Waals surface area (Å²) in [6.45, 7) is 2.42. The zero-order chi connectivity index (χ0) is 16.2. The summed E-state index contributed by atoms with van der Waals surface area (Å²) in [6, 6.07) is 0. The van der Waals surface area contributed by atoms with E-state index in [-0.39, 0.29) is 17.7 Å². The van der Waals surface area contributed by atoms with Gasteiger partial charge in [-0.05, 0) is 12.8 Å². The van der Waals surface area contributed by atoms with Crippen LogP contribution in [-0.2, 0) is 21.4 Å². The molecule has 2 fully saturated rings. The monoisotopic (exact) mass is 338 g/mol. The second-order valence-corrected chi connectivity index (χ2v) is 8.10. The predicted octanol–water partition coefficient (Wildman–Crippen LogP) is -0.923. The van der Waals surface area contributed by atoms with E-state index in [9.17, 15) is 13.2 Å². The van der Waals surface area contributed by atoms with Crippen LogP contribution >= 0.6 is 0 Å². The Morgan fingerprint density at radius 1 is 1.22 bits per heavy atom. The zero-order valence-electron chi connectivity index (χ0n) is 12.5. The second-order valence-electron chi connectivity index (χ2n) is 6.55. The smallest absolute Gasteiger partial charge is 0.276 e.